The van der Waals surface area contributed by atoms with Crippen molar-refractivity contribution in [3.05, 3.63) is 29.8 Å². The summed E-state index contributed by atoms with van der Waals surface area (Å²) >= 11 is 3.15. The number of benzene rings is 1. The number of carbonyl (C=O) groups excluding carboxylic acids is 1. The maximum absolute atomic E-state index is 11.1. The van der Waals surface area contributed by atoms with Gasteiger partial charge in [0.05, 0.1) is 0 Å². The zero-order valence-corrected chi connectivity index (χ0v) is 8.80. The molecule has 0 aliphatic heterocycles. The van der Waals surface area contributed by atoms with Gasteiger partial charge in [0.2, 0.25) is 0 Å². The molecule has 1 aromatic carbocycles. The minimum atomic E-state index is -0.0922. The van der Waals surface area contributed by atoms with Crippen molar-refractivity contribution in [1.29, 1.82) is 0 Å². The molecular formula is C9H10BrNO2. The van der Waals surface area contributed by atoms with Gasteiger partial charge >= 0.3 is 0 Å². The average Bonchev–Trinajstić information content (AvgIpc) is 2.18. The molecule has 0 fully saturated rings. The molecule has 0 unspecified atom stereocenters. The minimum absolute atomic E-state index is 0.0922. The number of carbonyl (C=O) groups is 1. The molecule has 0 radical (unpaired) electrons. The SMILES string of the molecule is CNC(=O)c1ccc(OCBr)cc1. The van der Waals surface area contributed by atoms with Crippen molar-refractivity contribution in [2.75, 3.05) is 12.6 Å². The second-order valence-corrected chi connectivity index (χ2v) is 2.81. The van der Waals surface area contributed by atoms with E-state index < -0.39 is 0 Å². The molecule has 0 saturated carbocycles. The number of hydrogen-bond donors (Lipinski definition) is 1. The lowest BCUT2D eigenvalue weighted by atomic mass is 10.2. The summed E-state index contributed by atoms with van der Waals surface area (Å²) in [5.74, 6) is 0.648. The van der Waals surface area contributed by atoms with Crippen LogP contribution < -0.4 is 10.1 Å². The second kappa shape index (κ2) is 4.87. The van der Waals surface area contributed by atoms with E-state index in [2.05, 4.69) is 21.2 Å². The Hall–Kier alpha value is -1.03. The fraction of sp³-hybridized carbons (Fsp3) is 0.222. The van der Waals surface area contributed by atoms with Crippen LogP contribution in [0.5, 0.6) is 5.75 Å². The molecule has 1 amide bonds. The number of ether oxygens (including phenoxy) is 1. The number of halogens is 1. The van der Waals surface area contributed by atoms with E-state index in [0.717, 1.165) is 5.75 Å². The zero-order chi connectivity index (χ0) is 9.68. The molecule has 0 spiro atoms. The topological polar surface area (TPSA) is 38.3 Å². The van der Waals surface area contributed by atoms with Gasteiger partial charge in [0.25, 0.3) is 5.91 Å². The van der Waals surface area contributed by atoms with Crippen LogP contribution in [0.1, 0.15) is 10.4 Å². The third-order valence-electron chi connectivity index (χ3n) is 1.56. The highest BCUT2D eigenvalue weighted by Crippen LogP contribution is 2.12. The standard InChI is InChI=1S/C9H10BrNO2/c1-11-9(12)7-2-4-8(5-3-7)13-6-10/h2-5H,6H2,1H3,(H,11,12). The van der Waals surface area contributed by atoms with Gasteiger partial charge in [0, 0.05) is 12.6 Å². The van der Waals surface area contributed by atoms with Crippen LogP contribution in [0.2, 0.25) is 0 Å². The van der Waals surface area contributed by atoms with Crippen molar-refractivity contribution in [3.63, 3.8) is 0 Å². The van der Waals surface area contributed by atoms with Gasteiger partial charge in [-0.05, 0) is 40.2 Å². The van der Waals surface area contributed by atoms with Gasteiger partial charge in [-0.2, -0.15) is 0 Å². The van der Waals surface area contributed by atoms with Gasteiger partial charge in [-0.15, -0.1) is 0 Å². The van der Waals surface area contributed by atoms with Gasteiger partial charge in [0.1, 0.15) is 11.3 Å². The maximum Gasteiger partial charge on any atom is 0.251 e. The first kappa shape index (κ1) is 10.1. The van der Waals surface area contributed by atoms with Crippen molar-refractivity contribution < 1.29 is 9.53 Å². The fourth-order valence-electron chi connectivity index (χ4n) is 0.910. The van der Waals surface area contributed by atoms with E-state index in [4.69, 9.17) is 4.74 Å². The molecule has 0 bridgehead atoms. The van der Waals surface area contributed by atoms with Gasteiger partial charge in [-0.3, -0.25) is 4.79 Å². The average molecular weight is 244 g/mol. The predicted molar refractivity (Wildman–Crippen MR) is 54.3 cm³/mol. The number of alkyl halides is 1. The Bertz CT molecular complexity index is 284. The Morgan fingerprint density at radius 2 is 2.08 bits per heavy atom. The summed E-state index contributed by atoms with van der Waals surface area (Å²) in [7, 11) is 1.60. The molecule has 0 saturated heterocycles. The summed E-state index contributed by atoms with van der Waals surface area (Å²) < 4.78 is 5.16. The summed E-state index contributed by atoms with van der Waals surface area (Å²) in [5.41, 5.74) is 1.08. The van der Waals surface area contributed by atoms with Crippen molar-refractivity contribution in [2.45, 2.75) is 0 Å². The van der Waals surface area contributed by atoms with Crippen LogP contribution in [-0.2, 0) is 0 Å². The van der Waals surface area contributed by atoms with E-state index in [0.29, 0.717) is 11.1 Å². The molecule has 1 N–H and O–H groups in total. The van der Waals surface area contributed by atoms with Crippen LogP contribution in [0, 0.1) is 0 Å². The van der Waals surface area contributed by atoms with Crippen LogP contribution in [0.15, 0.2) is 24.3 Å². The molecule has 1 aromatic rings. The molecule has 13 heavy (non-hydrogen) atoms. The molecule has 0 heterocycles. The second-order valence-electron chi connectivity index (χ2n) is 2.36. The highest BCUT2D eigenvalue weighted by molar-refractivity contribution is 9.09. The van der Waals surface area contributed by atoms with E-state index in [1.54, 1.807) is 31.3 Å². The fourth-order valence-corrected chi connectivity index (χ4v) is 1.17. The molecule has 4 heteroatoms. The van der Waals surface area contributed by atoms with Crippen molar-refractivity contribution >= 4 is 21.8 Å². The lowest BCUT2D eigenvalue weighted by Crippen LogP contribution is -2.17. The quantitative estimate of drug-likeness (QED) is 0.823. The van der Waals surface area contributed by atoms with E-state index in [-0.39, 0.29) is 5.91 Å². The summed E-state index contributed by atoms with van der Waals surface area (Å²) in [6.45, 7) is 0. The molecule has 70 valence electrons. The first-order valence-corrected chi connectivity index (χ1v) is 4.91. The number of rotatable bonds is 3. The minimum Gasteiger partial charge on any atom is -0.482 e. The maximum atomic E-state index is 11.1. The lowest BCUT2D eigenvalue weighted by Gasteiger charge is -2.02. The third-order valence-corrected chi connectivity index (χ3v) is 1.79. The Morgan fingerprint density at radius 3 is 2.54 bits per heavy atom. The molecule has 0 aliphatic rings. The van der Waals surface area contributed by atoms with Crippen LogP contribution in [-0.4, -0.2) is 18.5 Å². The lowest BCUT2D eigenvalue weighted by molar-refractivity contribution is 0.0963. The van der Waals surface area contributed by atoms with E-state index >= 15 is 0 Å². The van der Waals surface area contributed by atoms with E-state index in [9.17, 15) is 4.79 Å². The van der Waals surface area contributed by atoms with Crippen molar-refractivity contribution in [3.8, 4) is 5.75 Å². The number of hydrogen-bond acceptors (Lipinski definition) is 2. The zero-order valence-electron chi connectivity index (χ0n) is 7.21. The summed E-state index contributed by atoms with van der Waals surface area (Å²) in [5, 5.41) is 2.54. The molecule has 3 nitrogen and oxygen atoms in total. The van der Waals surface area contributed by atoms with Crippen LogP contribution in [0.4, 0.5) is 0 Å². The van der Waals surface area contributed by atoms with E-state index in [1.165, 1.54) is 0 Å². The number of amides is 1. The van der Waals surface area contributed by atoms with Crippen molar-refractivity contribution in [2.24, 2.45) is 0 Å². The predicted octanol–water partition coefficient (Wildman–Crippen LogP) is 1.78. The molecule has 0 aromatic heterocycles. The normalized spacial score (nSPS) is 9.38. The van der Waals surface area contributed by atoms with Gasteiger partial charge in [-0.25, -0.2) is 0 Å². The Balaban J connectivity index is 2.75. The third kappa shape index (κ3) is 2.73. The summed E-state index contributed by atoms with van der Waals surface area (Å²) in [4.78, 5) is 11.1. The van der Waals surface area contributed by atoms with Gasteiger partial charge < -0.3 is 10.1 Å². The molecular weight excluding hydrogens is 234 g/mol. The van der Waals surface area contributed by atoms with E-state index in [1.807, 2.05) is 0 Å². The highest BCUT2D eigenvalue weighted by atomic mass is 79.9. The van der Waals surface area contributed by atoms with Crippen molar-refractivity contribution in [1.82, 2.24) is 5.32 Å². The van der Waals surface area contributed by atoms with Crippen LogP contribution in [0.3, 0.4) is 0 Å². The Kier molecular flexibility index (Phi) is 3.76. The number of nitrogens with one attached hydrogen (secondary N) is 1. The monoisotopic (exact) mass is 243 g/mol. The summed E-state index contributed by atoms with van der Waals surface area (Å²) in [6.07, 6.45) is 0. The van der Waals surface area contributed by atoms with Gasteiger partial charge in [-0.1, -0.05) is 0 Å². The largest absolute Gasteiger partial charge is 0.482 e. The first-order valence-electron chi connectivity index (χ1n) is 3.79. The Morgan fingerprint density at radius 1 is 1.46 bits per heavy atom. The van der Waals surface area contributed by atoms with Crippen LogP contribution in [0.25, 0.3) is 0 Å². The Labute approximate surface area is 85.2 Å². The molecule has 0 aliphatic carbocycles. The van der Waals surface area contributed by atoms with Crippen LogP contribution >= 0.6 is 15.9 Å². The van der Waals surface area contributed by atoms with Gasteiger partial charge in [0.15, 0.2) is 0 Å². The smallest absolute Gasteiger partial charge is 0.251 e. The summed E-state index contributed by atoms with van der Waals surface area (Å²) in [6, 6.07) is 6.95. The molecule has 1 rings (SSSR count). The molecule has 0 atom stereocenters. The highest BCUT2D eigenvalue weighted by Gasteiger charge is 2.01. The first-order chi connectivity index (χ1) is 6.27.